The van der Waals surface area contributed by atoms with E-state index in [-0.39, 0.29) is 191 Å². The fourth-order valence-electron chi connectivity index (χ4n) is 10.2. The molecule has 12 atom stereocenters. The Hall–Kier alpha value is -13.4. The lowest BCUT2D eigenvalue weighted by molar-refractivity contribution is -0.170. The first kappa shape index (κ1) is 149. The highest BCUT2D eigenvalue weighted by Gasteiger charge is 2.48. The minimum absolute atomic E-state index is 0.00473. The van der Waals surface area contributed by atoms with Crippen molar-refractivity contribution < 1.29 is 134 Å². The van der Waals surface area contributed by atoms with Crippen LogP contribution in [0.15, 0.2) is 86.5 Å². The van der Waals surface area contributed by atoms with Gasteiger partial charge in [0.15, 0.2) is 12.2 Å². The third-order valence-electron chi connectivity index (χ3n) is 23.4. The Bertz CT molecular complexity index is 4380. The van der Waals surface area contributed by atoms with Crippen molar-refractivity contribution in [2.75, 3.05) is 106 Å². The number of hydrogen-bond donors (Lipinski definition) is 6. The van der Waals surface area contributed by atoms with Crippen LogP contribution in [0.5, 0.6) is 0 Å². The fraction of sp³-hybridized carbons (Fsp3) is 0.664. The second-order valence-electron chi connectivity index (χ2n) is 36.6. The summed E-state index contributed by atoms with van der Waals surface area (Å²) < 4.78 is 59.0. The molecular weight excluding hydrogens is 1920 g/mol. The van der Waals surface area contributed by atoms with Crippen LogP contribution in [0.4, 0.5) is 4.79 Å². The summed E-state index contributed by atoms with van der Waals surface area (Å²) >= 11 is 0. The van der Waals surface area contributed by atoms with Crippen LogP contribution >= 0.6 is 0 Å². The number of methoxy groups -OCH3 is 1. The minimum atomic E-state index is -0.942. The lowest BCUT2D eigenvalue weighted by Gasteiger charge is -2.25. The summed E-state index contributed by atoms with van der Waals surface area (Å²) in [5, 5.41) is 49.7. The van der Waals surface area contributed by atoms with Crippen molar-refractivity contribution in [1.29, 1.82) is 21.0 Å². The number of nitriles is 4. The molecule has 2 bridgehead atoms. The Balaban J connectivity index is -0.000000302. The van der Waals surface area contributed by atoms with Gasteiger partial charge in [0, 0.05) is 99.2 Å². The van der Waals surface area contributed by atoms with E-state index >= 15 is 0 Å². The van der Waals surface area contributed by atoms with Crippen LogP contribution < -0.4 is 31.9 Å². The van der Waals surface area contributed by atoms with Crippen molar-refractivity contribution in [2.24, 2.45) is 69.5 Å². The predicted molar refractivity (Wildman–Crippen MR) is 564 cm³/mol. The van der Waals surface area contributed by atoms with Crippen LogP contribution in [-0.2, 0) is 135 Å². The van der Waals surface area contributed by atoms with Crippen LogP contribution in [0, 0.1) is 121 Å². The Morgan fingerprint density at radius 1 is 0.443 bits per heavy atom. The van der Waals surface area contributed by atoms with Gasteiger partial charge in [0.2, 0.25) is 29.5 Å². The molecule has 3 rings (SSSR count). The van der Waals surface area contributed by atoms with Gasteiger partial charge in [-0.25, -0.2) is 35.3 Å². The Morgan fingerprint density at radius 3 is 1.21 bits per heavy atom. The third kappa shape index (κ3) is 75.9. The normalized spacial score (nSPS) is 14.6. The number of amides is 6. The molecule has 0 aromatic heterocycles. The Morgan fingerprint density at radius 2 is 0.832 bits per heavy atom. The number of fused-ring (bicyclic) bond motifs is 2. The van der Waals surface area contributed by atoms with Gasteiger partial charge in [0.25, 0.3) is 6.04 Å². The molecular formula is C110H177N11O28. The van der Waals surface area contributed by atoms with E-state index in [0.29, 0.717) is 87.8 Å². The van der Waals surface area contributed by atoms with Gasteiger partial charge in [-0.2, -0.15) is 21.0 Å². The summed E-state index contributed by atoms with van der Waals surface area (Å²) in [5.41, 5.74) is -0.219. The van der Waals surface area contributed by atoms with Gasteiger partial charge in [0.05, 0.1) is 84.4 Å². The van der Waals surface area contributed by atoms with E-state index in [9.17, 15) is 76.7 Å². The smallest absolute Gasteiger partial charge is 0.407 e. The van der Waals surface area contributed by atoms with E-state index in [2.05, 4.69) is 83.3 Å². The fourth-order valence-corrected chi connectivity index (χ4v) is 10.2. The number of allylic oxidation sites excluding steroid dienone is 1. The van der Waals surface area contributed by atoms with Crippen LogP contribution in [0.3, 0.4) is 0 Å². The van der Waals surface area contributed by atoms with Crippen molar-refractivity contribution in [3.63, 3.8) is 0 Å². The average molecular weight is 2100 g/mol. The molecule has 0 spiro atoms. The molecule has 6 N–H and O–H groups in total. The van der Waals surface area contributed by atoms with Gasteiger partial charge in [-0.3, -0.25) is 47.9 Å². The molecule has 2 aliphatic rings. The number of esters is 10. The lowest BCUT2D eigenvalue weighted by Crippen LogP contribution is -2.40. The molecule has 149 heavy (non-hydrogen) atoms. The number of nitrogens with zero attached hydrogens (tertiary/aromatic N) is 5. The summed E-state index contributed by atoms with van der Waals surface area (Å²) in [6.07, 6.45) is 16.8. The zero-order chi connectivity index (χ0) is 116. The van der Waals surface area contributed by atoms with Gasteiger partial charge in [-0.1, -0.05) is 169 Å². The molecule has 0 heterocycles. The molecule has 2 fully saturated rings. The molecule has 12 unspecified atom stereocenters. The summed E-state index contributed by atoms with van der Waals surface area (Å²) in [6.45, 7) is 71.5. The predicted octanol–water partition coefficient (Wildman–Crippen LogP) is 15.9. The minimum Gasteiger partial charge on any atom is -0.462 e. The van der Waals surface area contributed by atoms with Gasteiger partial charge in [-0.05, 0) is 161 Å². The molecule has 840 valence electrons. The third-order valence-corrected chi connectivity index (χ3v) is 23.4. The maximum atomic E-state index is 11.7. The highest BCUT2D eigenvalue weighted by molar-refractivity contribution is 5.92. The Labute approximate surface area is 886 Å². The number of carbonyl (C=O) groups is 16. The lowest BCUT2D eigenvalue weighted by atomic mass is 9.88. The first-order chi connectivity index (χ1) is 70.1. The summed E-state index contributed by atoms with van der Waals surface area (Å²) in [5.74, 6) is -2.52. The number of benzene rings is 1. The monoisotopic (exact) mass is 2100 g/mol. The van der Waals surface area contributed by atoms with E-state index in [4.69, 9.17) is 70.3 Å². The molecule has 6 amide bonds. The summed E-state index contributed by atoms with van der Waals surface area (Å²) in [4.78, 5) is 182. The van der Waals surface area contributed by atoms with Crippen LogP contribution in [-0.4, -0.2) is 219 Å². The second-order valence-corrected chi connectivity index (χ2v) is 36.6. The maximum absolute atomic E-state index is 11.7. The highest BCUT2D eigenvalue weighted by atomic mass is 16.6. The number of ether oxygens (including phenoxy) is 12. The number of hydrogen-bond acceptors (Lipinski definition) is 32. The molecule has 39 heteroatoms. The zero-order valence-corrected chi connectivity index (χ0v) is 94.0. The number of rotatable bonds is 53. The Kier molecular flexibility index (Phi) is 89.6. The van der Waals surface area contributed by atoms with Crippen molar-refractivity contribution in [3.8, 4) is 24.3 Å². The first-order valence-electron chi connectivity index (χ1n) is 50.8. The SMILES string of the molecule is C/C=C/C(=O)OCCOC(=O)C(C)(C)CC.C=C(C)C(=O)NCCNC(=O)C(C)(C)CC.C=CC(=O)OCCNC(=O)C(C)CC.C=CC(=O)OCCNC(=O)OCCOC(=O)C(C)CC.C=CC(=O)OCCOC(=O)C(C)(CC)OC.CCC(C)C(=O)NCCC#N.CCC(C)C(=O)NCCC#N.CCC(C)C(=O)OC1CC2CC1CC2C#N.CCC(C)C(=O)OCc1ccc(C#N)cc1.[C-]#[N+]C(C)COC(=O)C(C)(C)CC. The standard InChI is InChI=1S/C13H21NO6.C13H19NO2.C13H15NO2.C12H22N2O2.C12H20O4.C11H18O5.C10H17NO3.C10H17NO2.2C8H14N2O/c1-4-10(3)12(16)19-8-9-20-13(17)14-6-7-18-11(15)5-2;1-3-8(2)13(15)16-12-6-9-4-10(12)5-11(9)7-14;1-3-10(2)13(15)16-9-12-6-4-11(8-14)5-7-12;1-6-12(4,5)11(16)14-8-7-13-10(15)9(2)3;1-5-7-10(13)15-8-9-16-11(14)12(3,4)6-2;1-5-9(12)15-7-8-16-10(13)11(3,6-2)14-4;1-4-8(3)10(13)11-6-7-14-9(12)5-2;1-6-10(3,4)9(12)13-7-8(2)11-5;2*1-3-7(2)8(11)10-6-4-5-9/h5,10H,2,4,6-9H2,1,3H3,(H,14,17);8-12H,3-6H2,1-2H3;4-7,10H,3,9H2,1-2H3;2,6-8H2,1,3-5H3,(H,13,15)(H,14,16);5,7H,6,8-9H2,1-4H3;5H,1,6-8H2,2-4H3;5,8H,2,4,6-7H2,1,3H3,(H,11,13);8H,6-7H2,1-4H3;2*7H,3-4,6H2,1-2H3,(H,10,11)/b;;;;7-5+;;;;;. The maximum Gasteiger partial charge on any atom is 0.407 e. The molecule has 0 radical (unpaired) electrons. The summed E-state index contributed by atoms with van der Waals surface area (Å²) in [6, 6.07) is 15.1. The van der Waals surface area contributed by atoms with E-state index in [1.807, 2.05) is 164 Å². The van der Waals surface area contributed by atoms with Crippen LogP contribution in [0.2, 0.25) is 0 Å². The zero-order valence-electron chi connectivity index (χ0n) is 94.0. The molecule has 2 saturated carbocycles. The number of alkyl carbamates (subject to hydrolysis) is 1. The largest absolute Gasteiger partial charge is 0.462 e. The van der Waals surface area contributed by atoms with E-state index in [1.165, 1.54) is 13.2 Å². The average Bonchev–Trinajstić information content (AvgIpc) is 1.64. The molecule has 1 aromatic carbocycles. The molecule has 39 nitrogen and oxygen atoms in total. The highest BCUT2D eigenvalue weighted by Crippen LogP contribution is 2.49. The van der Waals surface area contributed by atoms with Crippen molar-refractivity contribution in [1.82, 2.24) is 31.9 Å². The topological polar surface area (TPSA) is 556 Å². The molecule has 2 aliphatic carbocycles. The summed E-state index contributed by atoms with van der Waals surface area (Å²) in [7, 11) is 1.45. The van der Waals surface area contributed by atoms with Gasteiger partial charge in [-0.15, -0.1) is 0 Å². The quantitative estimate of drug-likeness (QED) is 0.0116. The molecule has 0 saturated heterocycles. The van der Waals surface area contributed by atoms with Crippen LogP contribution in [0.1, 0.15) is 287 Å². The number of carbonyl (C=O) groups excluding carboxylic acids is 16. The van der Waals surface area contributed by atoms with E-state index in [0.717, 1.165) is 88.0 Å². The number of nitrogens with one attached hydrogen (secondary N) is 6. The van der Waals surface area contributed by atoms with E-state index in [1.54, 1.807) is 65.0 Å². The van der Waals surface area contributed by atoms with Crippen LogP contribution in [0.25, 0.3) is 4.85 Å². The van der Waals surface area contributed by atoms with Gasteiger partial charge < -0.3 is 93.6 Å². The molecule has 1 aromatic rings. The van der Waals surface area contributed by atoms with Crippen molar-refractivity contribution in [3.05, 3.63) is 109 Å². The van der Waals surface area contributed by atoms with Gasteiger partial charge in [0.1, 0.15) is 65.6 Å². The molecule has 0 aliphatic heterocycles. The van der Waals surface area contributed by atoms with E-state index < -0.39 is 52.4 Å². The second kappa shape index (κ2) is 89.8. The van der Waals surface area contributed by atoms with Crippen molar-refractivity contribution >= 4 is 95.3 Å². The first-order valence-corrected chi connectivity index (χ1v) is 50.8. The van der Waals surface area contributed by atoms with Gasteiger partial charge >= 0.3 is 65.8 Å². The van der Waals surface area contributed by atoms with Crippen molar-refractivity contribution in [2.45, 2.75) is 301 Å².